The van der Waals surface area contributed by atoms with E-state index in [0.29, 0.717) is 52.5 Å². The molecule has 4 aliphatic rings. The van der Waals surface area contributed by atoms with E-state index in [-0.39, 0.29) is 55.3 Å². The number of hydrogen-bond acceptors (Lipinski definition) is 11. The van der Waals surface area contributed by atoms with Gasteiger partial charge in [-0.3, -0.25) is 19.4 Å². The number of phenols is 2. The van der Waals surface area contributed by atoms with Crippen LogP contribution in [-0.2, 0) is 28.9 Å². The van der Waals surface area contributed by atoms with Crippen LogP contribution in [0.4, 0.5) is 0 Å². The minimum atomic E-state index is -0.584. The zero-order valence-electron chi connectivity index (χ0n) is 27.5. The smallest absolute Gasteiger partial charge is 0.308 e. The van der Waals surface area contributed by atoms with Crippen LogP contribution in [0.3, 0.4) is 0 Å². The number of likely N-dealkylation sites (N-methyl/N-ethyl adjacent to an activating group) is 1. The molecule has 3 aromatic carbocycles. The number of benzene rings is 3. The van der Waals surface area contributed by atoms with Crippen molar-refractivity contribution in [2.75, 3.05) is 27.5 Å². The SMILES string of the molecule is COc1c(C)cc2c(c1O)C1C3Cc4c(O)c(C)c5c(c4[C@H](CNC(=O)Cc4ccc(OC(C)=O)cc4)N3C(C#N)C(C2)N1C)OCO5. The molecule has 0 aromatic heterocycles. The number of aryl methyl sites for hydroxylation is 1. The number of carbonyl (C=O) groups is 2. The lowest BCUT2D eigenvalue weighted by molar-refractivity contribution is -0.132. The van der Waals surface area contributed by atoms with Crippen molar-refractivity contribution in [2.45, 2.75) is 70.2 Å². The molecule has 0 saturated carbocycles. The van der Waals surface area contributed by atoms with Crippen LogP contribution in [0.2, 0.25) is 0 Å². The molecular formula is C36H38N4O8. The summed E-state index contributed by atoms with van der Waals surface area (Å²) in [5, 5.41) is 37.1. The average molecular weight is 655 g/mol. The number of rotatable bonds is 6. The molecule has 4 aliphatic heterocycles. The Bertz CT molecular complexity index is 1870. The molecule has 1 saturated heterocycles. The van der Waals surface area contributed by atoms with E-state index in [9.17, 15) is 25.1 Å². The van der Waals surface area contributed by atoms with E-state index >= 15 is 0 Å². The van der Waals surface area contributed by atoms with Crippen LogP contribution in [0.5, 0.6) is 34.5 Å². The average Bonchev–Trinajstić information content (AvgIpc) is 3.54. The molecule has 250 valence electrons. The number of amides is 1. The lowest BCUT2D eigenvalue weighted by Crippen LogP contribution is -2.68. The predicted molar refractivity (Wildman–Crippen MR) is 172 cm³/mol. The summed E-state index contributed by atoms with van der Waals surface area (Å²) in [6.45, 7) is 5.13. The van der Waals surface area contributed by atoms with E-state index in [2.05, 4.69) is 21.2 Å². The number of hydrogen-bond donors (Lipinski definition) is 3. The topological polar surface area (TPSA) is 154 Å². The Labute approximate surface area is 278 Å². The van der Waals surface area contributed by atoms with Gasteiger partial charge in [0.25, 0.3) is 0 Å². The molecule has 4 unspecified atom stereocenters. The highest BCUT2D eigenvalue weighted by molar-refractivity contribution is 5.79. The molecule has 48 heavy (non-hydrogen) atoms. The van der Waals surface area contributed by atoms with Crippen molar-refractivity contribution in [3.05, 3.63) is 69.3 Å². The van der Waals surface area contributed by atoms with Gasteiger partial charge < -0.3 is 34.5 Å². The maximum atomic E-state index is 13.4. The van der Waals surface area contributed by atoms with Gasteiger partial charge in [-0.2, -0.15) is 5.26 Å². The van der Waals surface area contributed by atoms with Gasteiger partial charge in [0, 0.05) is 47.8 Å². The molecule has 0 spiro atoms. The van der Waals surface area contributed by atoms with Crippen molar-refractivity contribution in [1.29, 1.82) is 5.26 Å². The number of nitriles is 1. The summed E-state index contributed by atoms with van der Waals surface area (Å²) in [4.78, 5) is 29.0. The van der Waals surface area contributed by atoms with Crippen molar-refractivity contribution in [3.8, 4) is 40.6 Å². The Morgan fingerprint density at radius 2 is 1.79 bits per heavy atom. The van der Waals surface area contributed by atoms with Crippen LogP contribution in [-0.4, -0.2) is 77.5 Å². The molecule has 4 heterocycles. The lowest BCUT2D eigenvalue weighted by Gasteiger charge is -2.60. The Morgan fingerprint density at radius 1 is 1.06 bits per heavy atom. The third-order valence-corrected chi connectivity index (χ3v) is 10.3. The third-order valence-electron chi connectivity index (χ3n) is 10.3. The van der Waals surface area contributed by atoms with Crippen molar-refractivity contribution >= 4 is 11.9 Å². The van der Waals surface area contributed by atoms with Gasteiger partial charge in [0.05, 0.1) is 31.7 Å². The first kappa shape index (κ1) is 31.6. The van der Waals surface area contributed by atoms with Crippen LogP contribution in [0, 0.1) is 25.2 Å². The third kappa shape index (κ3) is 4.88. The van der Waals surface area contributed by atoms with Crippen LogP contribution in [0.15, 0.2) is 30.3 Å². The Balaban J connectivity index is 1.30. The first-order valence-corrected chi connectivity index (χ1v) is 16.0. The monoisotopic (exact) mass is 654 g/mol. The number of ether oxygens (including phenoxy) is 4. The largest absolute Gasteiger partial charge is 0.507 e. The summed E-state index contributed by atoms with van der Waals surface area (Å²) in [6.07, 6.45) is 0.983. The molecule has 12 heteroatoms. The zero-order chi connectivity index (χ0) is 34.0. The van der Waals surface area contributed by atoms with Crippen molar-refractivity contribution < 1.29 is 38.7 Å². The van der Waals surface area contributed by atoms with Gasteiger partial charge in [-0.25, -0.2) is 0 Å². The van der Waals surface area contributed by atoms with E-state index in [1.54, 1.807) is 31.2 Å². The summed E-state index contributed by atoms with van der Waals surface area (Å²) in [5.74, 6) is 1.29. The second-order valence-corrected chi connectivity index (χ2v) is 13.0. The van der Waals surface area contributed by atoms with Gasteiger partial charge >= 0.3 is 5.97 Å². The summed E-state index contributed by atoms with van der Waals surface area (Å²) in [6, 6.07) is 9.31. The molecule has 0 radical (unpaired) electrons. The van der Waals surface area contributed by atoms with Crippen LogP contribution in [0.25, 0.3) is 0 Å². The number of nitrogens with zero attached hydrogens (tertiary/aromatic N) is 3. The van der Waals surface area contributed by atoms with Crippen molar-refractivity contribution in [1.82, 2.24) is 15.1 Å². The number of nitrogens with one attached hydrogen (secondary N) is 1. The molecular weight excluding hydrogens is 616 g/mol. The second kappa shape index (κ2) is 11.9. The number of esters is 1. The summed E-state index contributed by atoms with van der Waals surface area (Å²) >= 11 is 0. The van der Waals surface area contributed by atoms with E-state index in [4.69, 9.17) is 18.9 Å². The van der Waals surface area contributed by atoms with Crippen LogP contribution >= 0.6 is 0 Å². The summed E-state index contributed by atoms with van der Waals surface area (Å²) in [5.41, 5.74) is 5.21. The Hall–Kier alpha value is -4.99. The van der Waals surface area contributed by atoms with E-state index < -0.39 is 18.1 Å². The molecule has 1 fully saturated rings. The molecule has 3 aromatic rings. The van der Waals surface area contributed by atoms with Crippen LogP contribution < -0.4 is 24.3 Å². The molecule has 3 N–H and O–H groups in total. The molecule has 0 aliphatic carbocycles. The van der Waals surface area contributed by atoms with Crippen molar-refractivity contribution in [3.63, 3.8) is 0 Å². The molecule has 2 bridgehead atoms. The maximum absolute atomic E-state index is 13.4. The number of carbonyl (C=O) groups excluding carboxylic acids is 2. The fraction of sp³-hybridized carbons (Fsp3) is 0.417. The van der Waals surface area contributed by atoms with Gasteiger partial charge in [0.15, 0.2) is 23.0 Å². The lowest BCUT2D eigenvalue weighted by atomic mass is 9.71. The quantitative estimate of drug-likeness (QED) is 0.264. The van der Waals surface area contributed by atoms with E-state index in [1.807, 2.05) is 20.0 Å². The molecule has 5 atom stereocenters. The highest BCUT2D eigenvalue weighted by Crippen LogP contribution is 2.58. The Morgan fingerprint density at radius 3 is 2.48 bits per heavy atom. The standard InChI is InChI=1S/C36H38N4O8/c1-17-10-21-12-24-26(14-37)40-25(31(39(24)4)29(21)33(44)34(17)45-5)13-23-30(36-35(46-16-47-36)18(2)32(23)43)27(40)15-38-28(42)11-20-6-8-22(9-7-20)48-19(3)41/h6-10,24-27,31,43-44H,11-13,15-16H2,1-5H3,(H,38,42)/t24?,25?,26?,27-,31?/m0/s1. The minimum absolute atomic E-state index is 0.00598. The fourth-order valence-corrected chi connectivity index (χ4v) is 8.34. The number of fused-ring (bicyclic) bond motifs is 9. The number of methoxy groups -OCH3 is 1. The highest BCUT2D eigenvalue weighted by atomic mass is 16.7. The van der Waals surface area contributed by atoms with Gasteiger partial charge in [0.1, 0.15) is 17.5 Å². The van der Waals surface area contributed by atoms with Gasteiger partial charge in [-0.15, -0.1) is 0 Å². The number of phenolic OH excluding ortho intramolecular Hbond substituents is 2. The van der Waals surface area contributed by atoms with E-state index in [0.717, 1.165) is 22.3 Å². The normalized spacial score (nSPS) is 23.7. The highest BCUT2D eigenvalue weighted by Gasteiger charge is 2.56. The predicted octanol–water partition coefficient (Wildman–Crippen LogP) is 3.51. The Kier molecular flexibility index (Phi) is 7.84. The van der Waals surface area contributed by atoms with Crippen LogP contribution in [0.1, 0.15) is 58.0 Å². The van der Waals surface area contributed by atoms with Gasteiger partial charge in [0.2, 0.25) is 12.7 Å². The summed E-state index contributed by atoms with van der Waals surface area (Å²) < 4.78 is 22.6. The van der Waals surface area contributed by atoms with Crippen molar-refractivity contribution in [2.24, 2.45) is 0 Å². The van der Waals surface area contributed by atoms with Gasteiger partial charge in [-0.05, 0) is 62.6 Å². The first-order chi connectivity index (χ1) is 23.0. The molecule has 1 amide bonds. The maximum Gasteiger partial charge on any atom is 0.308 e. The first-order valence-electron chi connectivity index (χ1n) is 16.0. The molecule has 7 rings (SSSR count). The van der Waals surface area contributed by atoms with Gasteiger partial charge in [-0.1, -0.05) is 18.2 Å². The fourth-order valence-electron chi connectivity index (χ4n) is 8.34. The minimum Gasteiger partial charge on any atom is -0.507 e. The number of piperazine rings is 1. The summed E-state index contributed by atoms with van der Waals surface area (Å²) in [7, 11) is 3.52. The molecule has 12 nitrogen and oxygen atoms in total. The second-order valence-electron chi connectivity index (χ2n) is 13.0. The zero-order valence-corrected chi connectivity index (χ0v) is 27.5. The van der Waals surface area contributed by atoms with E-state index in [1.165, 1.54) is 14.0 Å². The number of aromatic hydroxyl groups is 2.